The number of hydrogen-bond acceptors (Lipinski definition) is 5. The highest BCUT2D eigenvalue weighted by Gasteiger charge is 2.37. The average molecular weight is 447 g/mol. The van der Waals surface area contributed by atoms with E-state index in [-0.39, 0.29) is 17.5 Å². The molecule has 0 N–H and O–H groups in total. The number of unbranched alkanes of at least 4 members (excludes halogenated alkanes) is 1. The molecule has 2 fully saturated rings. The van der Waals surface area contributed by atoms with Gasteiger partial charge in [-0.1, -0.05) is 34.1 Å². The van der Waals surface area contributed by atoms with Crippen molar-refractivity contribution in [3.63, 3.8) is 0 Å². The summed E-state index contributed by atoms with van der Waals surface area (Å²) in [5, 5.41) is 0. The average Bonchev–Trinajstić information content (AvgIpc) is 2.75. The van der Waals surface area contributed by atoms with Crippen molar-refractivity contribution in [1.82, 2.24) is 0 Å². The third-order valence-corrected chi connectivity index (χ3v) is 7.24. The highest BCUT2D eigenvalue weighted by atomic mass is 16.5. The van der Waals surface area contributed by atoms with Crippen molar-refractivity contribution >= 4 is 5.97 Å². The molecule has 0 amide bonds. The summed E-state index contributed by atoms with van der Waals surface area (Å²) < 4.78 is 22.9. The van der Waals surface area contributed by atoms with E-state index in [0.717, 1.165) is 64.3 Å². The molecule has 1 heterocycles. The molecular formula is C27H42O5. The lowest BCUT2D eigenvalue weighted by Gasteiger charge is -2.40. The molecule has 1 saturated carbocycles. The molecule has 1 aliphatic heterocycles. The zero-order chi connectivity index (χ0) is 23.0. The second-order valence-corrected chi connectivity index (χ2v) is 10.2. The number of hydrogen-bond donors (Lipinski definition) is 0. The van der Waals surface area contributed by atoms with E-state index in [4.69, 9.17) is 18.9 Å². The van der Waals surface area contributed by atoms with Crippen LogP contribution in [0, 0.1) is 23.2 Å². The highest BCUT2D eigenvalue weighted by molar-refractivity contribution is 5.89. The fourth-order valence-electron chi connectivity index (χ4n) is 4.71. The molecule has 1 aromatic rings. The van der Waals surface area contributed by atoms with E-state index >= 15 is 0 Å². The van der Waals surface area contributed by atoms with Crippen LogP contribution in [0.25, 0.3) is 0 Å². The van der Waals surface area contributed by atoms with Crippen molar-refractivity contribution in [3.8, 4) is 5.75 Å². The van der Waals surface area contributed by atoms with Gasteiger partial charge in [0.05, 0.1) is 32.0 Å². The van der Waals surface area contributed by atoms with Crippen LogP contribution in [0.4, 0.5) is 0 Å². The Kier molecular flexibility index (Phi) is 9.42. The van der Waals surface area contributed by atoms with Crippen LogP contribution in [0.15, 0.2) is 24.3 Å². The predicted molar refractivity (Wildman–Crippen MR) is 126 cm³/mol. The molecule has 0 radical (unpaired) electrons. The Morgan fingerprint density at radius 1 is 1.12 bits per heavy atom. The third kappa shape index (κ3) is 6.95. The summed E-state index contributed by atoms with van der Waals surface area (Å²) in [5.41, 5.74) is 0.848. The van der Waals surface area contributed by atoms with Crippen molar-refractivity contribution in [1.29, 1.82) is 0 Å². The maximum atomic E-state index is 12.7. The lowest BCUT2D eigenvalue weighted by atomic mass is 9.75. The second-order valence-electron chi connectivity index (χ2n) is 10.2. The molecule has 3 atom stereocenters. The van der Waals surface area contributed by atoms with E-state index < -0.39 is 0 Å². The summed E-state index contributed by atoms with van der Waals surface area (Å²) >= 11 is 0. The van der Waals surface area contributed by atoms with Crippen LogP contribution >= 0.6 is 0 Å². The third-order valence-electron chi connectivity index (χ3n) is 7.24. The van der Waals surface area contributed by atoms with Crippen LogP contribution in [0.2, 0.25) is 0 Å². The molecule has 5 heteroatoms. The first kappa shape index (κ1) is 25.0. The number of ether oxygens (including phenoxy) is 4. The van der Waals surface area contributed by atoms with Gasteiger partial charge in [0.2, 0.25) is 0 Å². The largest absolute Gasteiger partial charge is 0.494 e. The molecule has 3 rings (SSSR count). The van der Waals surface area contributed by atoms with Crippen LogP contribution in [0.3, 0.4) is 0 Å². The molecule has 180 valence electrons. The number of carbonyl (C=O) groups is 1. The molecule has 32 heavy (non-hydrogen) atoms. The van der Waals surface area contributed by atoms with Crippen molar-refractivity contribution in [2.45, 2.75) is 72.3 Å². The molecule has 3 unspecified atom stereocenters. The van der Waals surface area contributed by atoms with Crippen molar-refractivity contribution < 1.29 is 23.7 Å². The summed E-state index contributed by atoms with van der Waals surface area (Å²) in [6.07, 6.45) is 6.38. The van der Waals surface area contributed by atoms with Gasteiger partial charge in [-0.25, -0.2) is 4.79 Å². The van der Waals surface area contributed by atoms with E-state index in [1.165, 1.54) is 6.42 Å². The smallest absolute Gasteiger partial charge is 0.338 e. The van der Waals surface area contributed by atoms with E-state index in [2.05, 4.69) is 27.7 Å². The molecule has 2 aliphatic rings. The summed E-state index contributed by atoms with van der Waals surface area (Å²) in [6.45, 7) is 12.7. The standard InChI is InChI=1S/C27H42O5/c1-5-27(18-30-19-27)17-29-14-6-7-15-31-23-11-9-22(10-12-23)26(28)32-25-16-21(4)8-13-24(25)20(2)3/h9-12,20-21,24-25H,5-8,13-19H2,1-4H3. The lowest BCUT2D eigenvalue weighted by molar-refractivity contribution is -0.150. The van der Waals surface area contributed by atoms with E-state index in [9.17, 15) is 4.79 Å². The van der Waals surface area contributed by atoms with Crippen LogP contribution in [0.1, 0.15) is 76.6 Å². The molecule has 1 aliphatic carbocycles. The van der Waals surface area contributed by atoms with Gasteiger partial charge in [0, 0.05) is 12.0 Å². The van der Waals surface area contributed by atoms with Gasteiger partial charge >= 0.3 is 5.97 Å². The number of rotatable bonds is 12. The van der Waals surface area contributed by atoms with Gasteiger partial charge in [0.15, 0.2) is 0 Å². The second kappa shape index (κ2) is 12.0. The van der Waals surface area contributed by atoms with E-state index in [1.807, 2.05) is 24.3 Å². The van der Waals surface area contributed by atoms with Crippen LogP contribution in [0.5, 0.6) is 5.75 Å². The molecule has 1 saturated heterocycles. The first-order chi connectivity index (χ1) is 15.4. The Bertz CT molecular complexity index is 689. The zero-order valence-corrected chi connectivity index (χ0v) is 20.4. The lowest BCUT2D eigenvalue weighted by Crippen LogP contribution is -2.45. The van der Waals surface area contributed by atoms with E-state index in [1.54, 1.807) is 0 Å². The summed E-state index contributed by atoms with van der Waals surface area (Å²) in [5.74, 6) is 2.16. The topological polar surface area (TPSA) is 54.0 Å². The van der Waals surface area contributed by atoms with Gasteiger partial charge in [-0.3, -0.25) is 0 Å². The normalized spacial score (nSPS) is 24.7. The van der Waals surface area contributed by atoms with Gasteiger partial charge < -0.3 is 18.9 Å². The monoisotopic (exact) mass is 446 g/mol. The summed E-state index contributed by atoms with van der Waals surface area (Å²) in [4.78, 5) is 12.7. The Morgan fingerprint density at radius 3 is 2.47 bits per heavy atom. The Morgan fingerprint density at radius 2 is 1.84 bits per heavy atom. The fourth-order valence-corrected chi connectivity index (χ4v) is 4.71. The first-order valence-electron chi connectivity index (χ1n) is 12.5. The Balaban J connectivity index is 1.34. The highest BCUT2D eigenvalue weighted by Crippen LogP contribution is 2.36. The maximum Gasteiger partial charge on any atom is 0.338 e. The molecular weight excluding hydrogens is 404 g/mol. The molecule has 5 nitrogen and oxygen atoms in total. The minimum Gasteiger partial charge on any atom is -0.494 e. The van der Waals surface area contributed by atoms with Crippen molar-refractivity contribution in [3.05, 3.63) is 29.8 Å². The number of carbonyl (C=O) groups excluding carboxylic acids is 1. The van der Waals surface area contributed by atoms with Gasteiger partial charge in [-0.05, 0) is 74.1 Å². The van der Waals surface area contributed by atoms with E-state index in [0.29, 0.717) is 29.9 Å². The summed E-state index contributed by atoms with van der Waals surface area (Å²) in [6, 6.07) is 7.33. The predicted octanol–water partition coefficient (Wildman–Crippen LogP) is 5.91. The molecule has 0 aromatic heterocycles. The van der Waals surface area contributed by atoms with Gasteiger partial charge in [0.1, 0.15) is 11.9 Å². The SMILES string of the molecule is CCC1(COCCCCOc2ccc(C(=O)OC3CC(C)CCC3C(C)C)cc2)COC1. The van der Waals surface area contributed by atoms with Crippen molar-refractivity contribution in [2.24, 2.45) is 23.2 Å². The first-order valence-corrected chi connectivity index (χ1v) is 12.5. The van der Waals surface area contributed by atoms with Crippen LogP contribution < -0.4 is 4.74 Å². The molecule has 0 bridgehead atoms. The minimum absolute atomic E-state index is 0.0217. The Labute approximate surface area is 194 Å². The zero-order valence-electron chi connectivity index (χ0n) is 20.4. The van der Waals surface area contributed by atoms with Gasteiger partial charge in [0.25, 0.3) is 0 Å². The van der Waals surface area contributed by atoms with Gasteiger partial charge in [-0.2, -0.15) is 0 Å². The van der Waals surface area contributed by atoms with Crippen molar-refractivity contribution in [2.75, 3.05) is 33.0 Å². The Hall–Kier alpha value is -1.59. The fraction of sp³-hybridized carbons (Fsp3) is 0.741. The van der Waals surface area contributed by atoms with Crippen LogP contribution in [-0.2, 0) is 14.2 Å². The van der Waals surface area contributed by atoms with Crippen LogP contribution in [-0.4, -0.2) is 45.1 Å². The quantitative estimate of drug-likeness (QED) is 0.295. The molecule has 0 spiro atoms. The summed E-state index contributed by atoms with van der Waals surface area (Å²) in [7, 11) is 0. The number of benzene rings is 1. The van der Waals surface area contributed by atoms with Gasteiger partial charge in [-0.15, -0.1) is 0 Å². The molecule has 1 aromatic carbocycles. The number of esters is 1. The minimum atomic E-state index is -0.222. The maximum absolute atomic E-state index is 12.7.